The minimum atomic E-state index is -0.0160. The molecule has 4 nitrogen and oxygen atoms in total. The molecule has 0 spiro atoms. The van der Waals surface area contributed by atoms with Crippen molar-refractivity contribution in [2.45, 2.75) is 45.6 Å². The summed E-state index contributed by atoms with van der Waals surface area (Å²) in [6.45, 7) is 4.88. The third-order valence-electron chi connectivity index (χ3n) is 4.11. The average molecular weight is 238 g/mol. The van der Waals surface area contributed by atoms with Crippen LogP contribution in [-0.4, -0.2) is 35.8 Å². The molecular formula is C13H22N2O2. The van der Waals surface area contributed by atoms with Gasteiger partial charge >= 0.3 is 0 Å². The van der Waals surface area contributed by atoms with E-state index in [1.165, 1.54) is 19.3 Å². The first-order chi connectivity index (χ1) is 8.09. The van der Waals surface area contributed by atoms with Crippen molar-refractivity contribution in [2.24, 2.45) is 11.8 Å². The van der Waals surface area contributed by atoms with Gasteiger partial charge in [0.15, 0.2) is 0 Å². The summed E-state index contributed by atoms with van der Waals surface area (Å²) in [5, 5.41) is 2.61. The first kappa shape index (κ1) is 12.4. The standard InChI is InChI=1S/C13H22N2O2/c1-9(2)10-5-3-4-6-11(10)15-8-12(16)14-7-13(15)17/h9-11H,3-8H2,1-2H3,(H,14,16). The molecule has 1 N–H and O–H groups in total. The molecule has 96 valence electrons. The van der Waals surface area contributed by atoms with Crippen molar-refractivity contribution in [1.82, 2.24) is 10.2 Å². The normalized spacial score (nSPS) is 30.6. The summed E-state index contributed by atoms with van der Waals surface area (Å²) < 4.78 is 0. The van der Waals surface area contributed by atoms with Crippen molar-refractivity contribution in [3.63, 3.8) is 0 Å². The lowest BCUT2D eigenvalue weighted by Crippen LogP contribution is -2.58. The highest BCUT2D eigenvalue weighted by molar-refractivity contribution is 5.92. The fraction of sp³-hybridized carbons (Fsp3) is 0.846. The summed E-state index contributed by atoms with van der Waals surface area (Å²) in [6, 6.07) is 0.280. The Kier molecular flexibility index (Phi) is 3.69. The van der Waals surface area contributed by atoms with Gasteiger partial charge in [-0.2, -0.15) is 0 Å². The summed E-state index contributed by atoms with van der Waals surface area (Å²) in [4.78, 5) is 25.2. The highest BCUT2D eigenvalue weighted by Crippen LogP contribution is 2.33. The Balaban J connectivity index is 2.11. The lowest BCUT2D eigenvalue weighted by Gasteiger charge is -2.43. The number of carbonyl (C=O) groups is 2. The smallest absolute Gasteiger partial charge is 0.242 e. The minimum absolute atomic E-state index is 0.0160. The zero-order valence-electron chi connectivity index (χ0n) is 10.7. The Bertz CT molecular complexity index is 315. The van der Waals surface area contributed by atoms with Gasteiger partial charge in [-0.25, -0.2) is 0 Å². The first-order valence-electron chi connectivity index (χ1n) is 6.65. The van der Waals surface area contributed by atoms with Gasteiger partial charge in [-0.05, 0) is 24.7 Å². The summed E-state index contributed by atoms with van der Waals surface area (Å²) in [6.07, 6.45) is 4.68. The van der Waals surface area contributed by atoms with Crippen LogP contribution in [0.1, 0.15) is 39.5 Å². The molecule has 0 aromatic heterocycles. The number of amides is 2. The van der Waals surface area contributed by atoms with Crippen LogP contribution in [0, 0.1) is 11.8 Å². The van der Waals surface area contributed by atoms with Crippen LogP contribution >= 0.6 is 0 Å². The molecule has 2 amide bonds. The van der Waals surface area contributed by atoms with Crippen LogP contribution in [0.25, 0.3) is 0 Å². The molecule has 1 aliphatic heterocycles. The maximum absolute atomic E-state index is 11.9. The molecule has 0 bridgehead atoms. The van der Waals surface area contributed by atoms with E-state index >= 15 is 0 Å². The molecule has 1 aliphatic carbocycles. The van der Waals surface area contributed by atoms with Crippen molar-refractivity contribution in [2.75, 3.05) is 13.1 Å². The molecular weight excluding hydrogens is 216 g/mol. The molecule has 2 aliphatic rings. The third kappa shape index (κ3) is 2.61. The summed E-state index contributed by atoms with van der Waals surface area (Å²) in [5.74, 6) is 1.21. The lowest BCUT2D eigenvalue weighted by molar-refractivity contribution is -0.145. The SMILES string of the molecule is CC(C)C1CCCCC1N1CC(=O)NCC1=O. The Hall–Kier alpha value is -1.06. The van der Waals surface area contributed by atoms with E-state index in [-0.39, 0.29) is 30.9 Å². The van der Waals surface area contributed by atoms with Crippen LogP contribution in [0.2, 0.25) is 0 Å². The van der Waals surface area contributed by atoms with E-state index in [2.05, 4.69) is 19.2 Å². The summed E-state index contributed by atoms with van der Waals surface area (Å²) >= 11 is 0. The number of nitrogens with zero attached hydrogens (tertiary/aromatic N) is 1. The fourth-order valence-corrected chi connectivity index (χ4v) is 3.18. The quantitative estimate of drug-likeness (QED) is 0.785. The van der Waals surface area contributed by atoms with E-state index in [9.17, 15) is 9.59 Å². The van der Waals surface area contributed by atoms with E-state index in [1.807, 2.05) is 4.90 Å². The van der Waals surface area contributed by atoms with Crippen molar-refractivity contribution >= 4 is 11.8 Å². The summed E-state index contributed by atoms with van der Waals surface area (Å²) in [7, 11) is 0. The van der Waals surface area contributed by atoms with Crippen LogP contribution in [-0.2, 0) is 9.59 Å². The van der Waals surface area contributed by atoms with E-state index < -0.39 is 0 Å². The number of hydrogen-bond acceptors (Lipinski definition) is 2. The Morgan fingerprint density at radius 1 is 1.24 bits per heavy atom. The molecule has 1 saturated heterocycles. The van der Waals surface area contributed by atoms with Gasteiger partial charge < -0.3 is 10.2 Å². The topological polar surface area (TPSA) is 49.4 Å². The maximum Gasteiger partial charge on any atom is 0.242 e. The van der Waals surface area contributed by atoms with Crippen molar-refractivity contribution in [3.05, 3.63) is 0 Å². The molecule has 0 radical (unpaired) electrons. The highest BCUT2D eigenvalue weighted by Gasteiger charge is 2.36. The van der Waals surface area contributed by atoms with Gasteiger partial charge in [0.05, 0.1) is 13.1 Å². The van der Waals surface area contributed by atoms with Gasteiger partial charge in [0.1, 0.15) is 0 Å². The van der Waals surface area contributed by atoms with Crippen molar-refractivity contribution in [3.8, 4) is 0 Å². The lowest BCUT2D eigenvalue weighted by atomic mass is 9.77. The monoisotopic (exact) mass is 238 g/mol. The van der Waals surface area contributed by atoms with Crippen LogP contribution in [0.3, 0.4) is 0 Å². The van der Waals surface area contributed by atoms with Crippen LogP contribution in [0.4, 0.5) is 0 Å². The number of hydrogen-bond donors (Lipinski definition) is 1. The number of carbonyl (C=O) groups excluding carboxylic acids is 2. The van der Waals surface area contributed by atoms with Gasteiger partial charge in [-0.1, -0.05) is 26.7 Å². The second-order valence-electron chi connectivity index (χ2n) is 5.56. The second-order valence-corrected chi connectivity index (χ2v) is 5.56. The van der Waals surface area contributed by atoms with Crippen LogP contribution in [0.5, 0.6) is 0 Å². The molecule has 1 saturated carbocycles. The Labute approximate surface area is 103 Å². The van der Waals surface area contributed by atoms with Gasteiger partial charge in [0, 0.05) is 6.04 Å². The first-order valence-corrected chi connectivity index (χ1v) is 6.65. The van der Waals surface area contributed by atoms with E-state index in [4.69, 9.17) is 0 Å². The second kappa shape index (κ2) is 5.07. The molecule has 2 unspecified atom stereocenters. The van der Waals surface area contributed by atoms with E-state index in [0.29, 0.717) is 11.8 Å². The van der Waals surface area contributed by atoms with E-state index in [0.717, 1.165) is 6.42 Å². The predicted octanol–water partition coefficient (Wildman–Crippen LogP) is 1.16. The van der Waals surface area contributed by atoms with Crippen LogP contribution < -0.4 is 5.32 Å². The predicted molar refractivity (Wildman–Crippen MR) is 65.3 cm³/mol. The largest absolute Gasteiger partial charge is 0.345 e. The molecule has 0 aromatic rings. The number of nitrogens with one attached hydrogen (secondary N) is 1. The van der Waals surface area contributed by atoms with E-state index in [1.54, 1.807) is 0 Å². The number of piperazine rings is 1. The summed E-state index contributed by atoms with van der Waals surface area (Å²) in [5.41, 5.74) is 0. The highest BCUT2D eigenvalue weighted by atomic mass is 16.2. The zero-order chi connectivity index (χ0) is 12.4. The van der Waals surface area contributed by atoms with Gasteiger partial charge in [0.25, 0.3) is 0 Å². The Morgan fingerprint density at radius 2 is 1.94 bits per heavy atom. The Morgan fingerprint density at radius 3 is 2.65 bits per heavy atom. The number of rotatable bonds is 2. The molecule has 2 fully saturated rings. The minimum Gasteiger partial charge on any atom is -0.345 e. The van der Waals surface area contributed by atoms with Crippen molar-refractivity contribution in [1.29, 1.82) is 0 Å². The van der Waals surface area contributed by atoms with Crippen LogP contribution in [0.15, 0.2) is 0 Å². The van der Waals surface area contributed by atoms with Crippen molar-refractivity contribution < 1.29 is 9.59 Å². The van der Waals surface area contributed by atoms with Gasteiger partial charge in [-0.3, -0.25) is 9.59 Å². The molecule has 1 heterocycles. The molecule has 2 atom stereocenters. The molecule has 17 heavy (non-hydrogen) atoms. The molecule has 2 rings (SSSR count). The molecule has 4 heteroatoms. The molecule has 0 aromatic carbocycles. The third-order valence-corrected chi connectivity index (χ3v) is 4.11. The fourth-order valence-electron chi connectivity index (χ4n) is 3.18. The maximum atomic E-state index is 11.9. The van der Waals surface area contributed by atoms with Gasteiger partial charge in [0.2, 0.25) is 11.8 Å². The zero-order valence-corrected chi connectivity index (χ0v) is 10.7. The van der Waals surface area contributed by atoms with Gasteiger partial charge in [-0.15, -0.1) is 0 Å². The average Bonchev–Trinajstić information content (AvgIpc) is 2.32.